The largest absolute Gasteiger partial charge is 0.348 e. The molecule has 33 heavy (non-hydrogen) atoms. The summed E-state index contributed by atoms with van der Waals surface area (Å²) in [5, 5.41) is 2.99. The fourth-order valence-corrected chi connectivity index (χ4v) is 5.50. The molecule has 3 rings (SSSR count). The zero-order valence-electron chi connectivity index (χ0n) is 20.1. The van der Waals surface area contributed by atoms with E-state index in [2.05, 4.69) is 24.4 Å². The maximum Gasteiger partial charge on any atom is 0.264 e. The molecule has 0 spiro atoms. The highest BCUT2D eigenvalue weighted by Crippen LogP contribution is 2.26. The fourth-order valence-electron chi connectivity index (χ4n) is 4.07. The number of sulfonamides is 1. The Hall–Kier alpha value is -3.12. The predicted molar refractivity (Wildman–Crippen MR) is 134 cm³/mol. The van der Waals surface area contributed by atoms with Crippen LogP contribution < -0.4 is 9.62 Å². The molecule has 0 aliphatic heterocycles. The minimum Gasteiger partial charge on any atom is -0.348 e. The Morgan fingerprint density at radius 3 is 2.03 bits per heavy atom. The zero-order chi connectivity index (χ0) is 24.3. The lowest BCUT2D eigenvalue weighted by Crippen LogP contribution is -2.41. The number of anilines is 1. The molecule has 5 nitrogen and oxygen atoms in total. The number of carbonyl (C=O) groups excluding carboxylic acids is 1. The maximum atomic E-state index is 13.5. The third-order valence-corrected chi connectivity index (χ3v) is 7.63. The van der Waals surface area contributed by atoms with Crippen molar-refractivity contribution in [3.63, 3.8) is 0 Å². The van der Waals surface area contributed by atoms with Crippen molar-refractivity contribution in [1.82, 2.24) is 5.32 Å². The number of nitrogens with one attached hydrogen (secondary N) is 1. The molecule has 3 aromatic rings. The van der Waals surface area contributed by atoms with Crippen molar-refractivity contribution in [2.24, 2.45) is 0 Å². The first kappa shape index (κ1) is 24.5. The highest BCUT2D eigenvalue weighted by atomic mass is 32.2. The lowest BCUT2D eigenvalue weighted by atomic mass is 9.96. The first-order valence-electron chi connectivity index (χ1n) is 11.0. The van der Waals surface area contributed by atoms with Crippen LogP contribution in [0.2, 0.25) is 0 Å². The normalized spacial score (nSPS) is 12.3. The van der Waals surface area contributed by atoms with E-state index in [0.29, 0.717) is 5.69 Å². The molecular weight excluding hydrogens is 432 g/mol. The topological polar surface area (TPSA) is 66.5 Å². The standard InChI is InChI=1S/C27H32N2O3S/c1-18-12-19(2)14-24(13-18)29(33(31,32)25-10-8-7-9-11-25)17-27(30)28-23(6)26-16-21(4)20(3)15-22(26)5/h7-16,23H,17H2,1-6H3,(H,28,30)/t23-/m0/s1. The Morgan fingerprint density at radius 1 is 0.848 bits per heavy atom. The van der Waals surface area contributed by atoms with Crippen LogP contribution in [0.1, 0.15) is 46.3 Å². The van der Waals surface area contributed by atoms with E-state index in [1.165, 1.54) is 9.87 Å². The van der Waals surface area contributed by atoms with Crippen LogP contribution >= 0.6 is 0 Å². The van der Waals surface area contributed by atoms with Gasteiger partial charge in [0.25, 0.3) is 10.0 Å². The summed E-state index contributed by atoms with van der Waals surface area (Å²) < 4.78 is 28.2. The number of rotatable bonds is 7. The first-order valence-corrected chi connectivity index (χ1v) is 12.5. The molecule has 0 radical (unpaired) electrons. The van der Waals surface area contributed by atoms with Gasteiger partial charge in [0.05, 0.1) is 16.6 Å². The van der Waals surface area contributed by atoms with E-state index in [1.54, 1.807) is 42.5 Å². The van der Waals surface area contributed by atoms with E-state index in [-0.39, 0.29) is 23.4 Å². The van der Waals surface area contributed by atoms with Gasteiger partial charge in [-0.1, -0.05) is 36.4 Å². The van der Waals surface area contributed by atoms with Crippen LogP contribution in [0, 0.1) is 34.6 Å². The van der Waals surface area contributed by atoms with Crippen LogP contribution in [-0.4, -0.2) is 20.9 Å². The number of carbonyl (C=O) groups is 1. The number of amides is 1. The van der Waals surface area contributed by atoms with Gasteiger partial charge in [0, 0.05) is 0 Å². The van der Waals surface area contributed by atoms with Gasteiger partial charge in [0.2, 0.25) is 5.91 Å². The van der Waals surface area contributed by atoms with Gasteiger partial charge in [-0.15, -0.1) is 0 Å². The molecule has 0 saturated heterocycles. The molecule has 0 aromatic heterocycles. The van der Waals surface area contributed by atoms with Gasteiger partial charge in [-0.2, -0.15) is 0 Å². The summed E-state index contributed by atoms with van der Waals surface area (Å²) in [5.41, 5.74) is 6.80. The lowest BCUT2D eigenvalue weighted by Gasteiger charge is -2.26. The molecule has 1 N–H and O–H groups in total. The van der Waals surface area contributed by atoms with Gasteiger partial charge in [0.1, 0.15) is 6.54 Å². The molecule has 1 amide bonds. The Balaban J connectivity index is 1.93. The van der Waals surface area contributed by atoms with E-state index < -0.39 is 10.0 Å². The molecule has 0 saturated carbocycles. The van der Waals surface area contributed by atoms with Gasteiger partial charge < -0.3 is 5.32 Å². The molecule has 6 heteroatoms. The van der Waals surface area contributed by atoms with E-state index in [0.717, 1.165) is 27.8 Å². The molecular formula is C27H32N2O3S. The van der Waals surface area contributed by atoms with Crippen molar-refractivity contribution < 1.29 is 13.2 Å². The van der Waals surface area contributed by atoms with Gasteiger partial charge in [0.15, 0.2) is 0 Å². The number of hydrogen-bond donors (Lipinski definition) is 1. The Labute approximate surface area is 197 Å². The summed E-state index contributed by atoms with van der Waals surface area (Å²) in [6.45, 7) is 11.6. The Kier molecular flexibility index (Phi) is 7.28. The van der Waals surface area contributed by atoms with E-state index in [9.17, 15) is 13.2 Å². The van der Waals surface area contributed by atoms with Crippen LogP contribution in [0.4, 0.5) is 5.69 Å². The molecule has 0 aliphatic carbocycles. The molecule has 0 heterocycles. The van der Waals surface area contributed by atoms with Crippen molar-refractivity contribution in [2.75, 3.05) is 10.8 Å². The van der Waals surface area contributed by atoms with E-state index in [4.69, 9.17) is 0 Å². The van der Waals surface area contributed by atoms with Crippen LogP contribution in [0.3, 0.4) is 0 Å². The van der Waals surface area contributed by atoms with Crippen LogP contribution in [0.25, 0.3) is 0 Å². The number of aryl methyl sites for hydroxylation is 5. The predicted octanol–water partition coefficient (Wildman–Crippen LogP) is 5.30. The number of nitrogens with zero attached hydrogens (tertiary/aromatic N) is 1. The van der Waals surface area contributed by atoms with Crippen LogP contribution in [0.15, 0.2) is 65.6 Å². The van der Waals surface area contributed by atoms with E-state index in [1.807, 2.05) is 40.7 Å². The van der Waals surface area contributed by atoms with Crippen molar-refractivity contribution in [3.8, 4) is 0 Å². The second kappa shape index (κ2) is 9.79. The second-order valence-electron chi connectivity index (χ2n) is 8.75. The van der Waals surface area contributed by atoms with Crippen LogP contribution in [-0.2, 0) is 14.8 Å². The van der Waals surface area contributed by atoms with Gasteiger partial charge in [-0.25, -0.2) is 8.42 Å². The summed E-state index contributed by atoms with van der Waals surface area (Å²) in [4.78, 5) is 13.3. The first-order chi connectivity index (χ1) is 15.5. The molecule has 1 atom stereocenters. The smallest absolute Gasteiger partial charge is 0.264 e. The highest BCUT2D eigenvalue weighted by Gasteiger charge is 2.28. The quantitative estimate of drug-likeness (QED) is 0.516. The van der Waals surface area contributed by atoms with Gasteiger partial charge >= 0.3 is 0 Å². The molecule has 0 fully saturated rings. The molecule has 3 aromatic carbocycles. The fraction of sp³-hybridized carbons (Fsp3) is 0.296. The second-order valence-corrected chi connectivity index (χ2v) is 10.6. The minimum absolute atomic E-state index is 0.148. The van der Waals surface area contributed by atoms with Crippen molar-refractivity contribution in [3.05, 3.63) is 94.0 Å². The summed E-state index contributed by atoms with van der Waals surface area (Å²) in [6, 6.07) is 17.7. The average Bonchev–Trinajstić information content (AvgIpc) is 2.74. The maximum absolute atomic E-state index is 13.5. The summed E-state index contributed by atoms with van der Waals surface area (Å²) in [6.07, 6.45) is 0. The monoisotopic (exact) mass is 464 g/mol. The third-order valence-electron chi connectivity index (χ3n) is 5.84. The van der Waals surface area contributed by atoms with Crippen molar-refractivity contribution in [2.45, 2.75) is 52.5 Å². The summed E-state index contributed by atoms with van der Waals surface area (Å²) in [5.74, 6) is -0.362. The van der Waals surface area contributed by atoms with Crippen molar-refractivity contribution in [1.29, 1.82) is 0 Å². The minimum atomic E-state index is -3.93. The average molecular weight is 465 g/mol. The molecule has 174 valence electrons. The zero-order valence-corrected chi connectivity index (χ0v) is 21.0. The Bertz CT molecular complexity index is 1250. The third kappa shape index (κ3) is 5.63. The summed E-state index contributed by atoms with van der Waals surface area (Å²) >= 11 is 0. The number of hydrogen-bond acceptors (Lipinski definition) is 3. The Morgan fingerprint density at radius 2 is 1.42 bits per heavy atom. The highest BCUT2D eigenvalue weighted by molar-refractivity contribution is 7.92. The van der Waals surface area contributed by atoms with Crippen LogP contribution in [0.5, 0.6) is 0 Å². The summed E-state index contributed by atoms with van der Waals surface area (Å²) in [7, 11) is -3.93. The molecule has 0 unspecified atom stereocenters. The van der Waals surface area contributed by atoms with Gasteiger partial charge in [-0.3, -0.25) is 9.10 Å². The molecule has 0 aliphatic rings. The SMILES string of the molecule is Cc1cc(C)cc(N(CC(=O)N[C@@H](C)c2cc(C)c(C)cc2C)S(=O)(=O)c2ccccc2)c1. The number of benzene rings is 3. The molecule has 0 bridgehead atoms. The van der Waals surface area contributed by atoms with Crippen molar-refractivity contribution >= 4 is 21.6 Å². The lowest BCUT2D eigenvalue weighted by molar-refractivity contribution is -0.120. The van der Waals surface area contributed by atoms with E-state index >= 15 is 0 Å². The van der Waals surface area contributed by atoms with Gasteiger partial charge in [-0.05, 0) is 99.2 Å².